The normalized spacial score (nSPS) is 11.9. The largest absolute Gasteiger partial charge is 0.507 e. The number of aliphatic hydroxyl groups is 1. The summed E-state index contributed by atoms with van der Waals surface area (Å²) in [6.07, 6.45) is -1.91. The summed E-state index contributed by atoms with van der Waals surface area (Å²) in [7, 11) is 0. The molecule has 0 heterocycles. The van der Waals surface area contributed by atoms with Crippen molar-refractivity contribution >= 4 is 11.7 Å². The van der Waals surface area contributed by atoms with Crippen LogP contribution in [0.1, 0.15) is 18.6 Å². The first-order valence-electron chi connectivity index (χ1n) is 4.90. The van der Waals surface area contributed by atoms with E-state index in [2.05, 4.69) is 4.74 Å². The van der Waals surface area contributed by atoms with Crippen molar-refractivity contribution in [2.45, 2.75) is 13.0 Å². The smallest absolute Gasteiger partial charge is 0.339 e. The summed E-state index contributed by atoms with van der Waals surface area (Å²) in [5, 5.41) is 29.4. The number of nitrogens with zero attached hydrogens (tertiary/aromatic N) is 1. The molecule has 0 saturated carbocycles. The Hall–Kier alpha value is -2.22. The fraction of sp³-hybridized carbons (Fsp3) is 0.300. The van der Waals surface area contributed by atoms with Crippen LogP contribution in [0.4, 0.5) is 10.1 Å². The van der Waals surface area contributed by atoms with Crippen molar-refractivity contribution in [3.8, 4) is 5.75 Å². The van der Waals surface area contributed by atoms with Crippen LogP contribution in [0, 0.1) is 15.9 Å². The molecule has 1 aromatic rings. The summed E-state index contributed by atoms with van der Waals surface area (Å²) < 4.78 is 17.6. The van der Waals surface area contributed by atoms with E-state index in [1.54, 1.807) is 0 Å². The van der Waals surface area contributed by atoms with Gasteiger partial charge in [0.2, 0.25) is 5.82 Å². The van der Waals surface area contributed by atoms with E-state index >= 15 is 0 Å². The van der Waals surface area contributed by atoms with Gasteiger partial charge in [0.1, 0.15) is 5.75 Å². The number of nitro benzene ring substituents is 1. The van der Waals surface area contributed by atoms with Gasteiger partial charge < -0.3 is 14.9 Å². The molecule has 0 amide bonds. The molecule has 2 N–H and O–H groups in total. The first kappa shape index (κ1) is 13.8. The lowest BCUT2D eigenvalue weighted by Gasteiger charge is -2.11. The summed E-state index contributed by atoms with van der Waals surface area (Å²) in [6, 6.07) is 1.04. The molecule has 0 aromatic heterocycles. The van der Waals surface area contributed by atoms with Crippen molar-refractivity contribution in [1.29, 1.82) is 0 Å². The molecule has 18 heavy (non-hydrogen) atoms. The predicted octanol–water partition coefficient (Wildman–Crippen LogP) is 1.04. The van der Waals surface area contributed by atoms with Crippen LogP contribution in [-0.2, 0) is 9.53 Å². The minimum absolute atomic E-state index is 0.0139. The van der Waals surface area contributed by atoms with E-state index < -0.39 is 39.8 Å². The molecule has 7 nitrogen and oxygen atoms in total. The molecule has 0 spiro atoms. The lowest BCUT2D eigenvalue weighted by molar-refractivity contribution is -0.387. The zero-order chi connectivity index (χ0) is 13.9. The molecule has 98 valence electrons. The minimum atomic E-state index is -1.91. The second kappa shape index (κ2) is 5.41. The maximum atomic E-state index is 13.1. The van der Waals surface area contributed by atoms with Gasteiger partial charge in [0.25, 0.3) is 0 Å². The van der Waals surface area contributed by atoms with E-state index in [4.69, 9.17) is 0 Å². The molecule has 1 rings (SSSR count). The molecule has 1 unspecified atom stereocenters. The number of carbonyl (C=O) groups excluding carboxylic acids is 1. The Kier molecular flexibility index (Phi) is 4.16. The van der Waals surface area contributed by atoms with Crippen LogP contribution in [0.3, 0.4) is 0 Å². The third kappa shape index (κ3) is 2.72. The zero-order valence-corrected chi connectivity index (χ0v) is 9.29. The summed E-state index contributed by atoms with van der Waals surface area (Å²) in [5.74, 6) is -3.12. The van der Waals surface area contributed by atoms with Crippen LogP contribution in [0.2, 0.25) is 0 Å². The monoisotopic (exact) mass is 259 g/mol. The number of phenolic OH excluding ortho intramolecular Hbond substituents is 1. The highest BCUT2D eigenvalue weighted by atomic mass is 19.1. The van der Waals surface area contributed by atoms with Crippen LogP contribution in [0.5, 0.6) is 5.75 Å². The molecule has 0 fully saturated rings. The Morgan fingerprint density at radius 2 is 2.22 bits per heavy atom. The molecule has 0 bridgehead atoms. The van der Waals surface area contributed by atoms with Gasteiger partial charge in [-0.25, -0.2) is 4.79 Å². The van der Waals surface area contributed by atoms with Gasteiger partial charge in [-0.1, -0.05) is 0 Å². The fourth-order valence-corrected chi connectivity index (χ4v) is 1.27. The quantitative estimate of drug-likeness (QED) is 0.475. The van der Waals surface area contributed by atoms with Gasteiger partial charge in [0, 0.05) is 17.7 Å². The van der Waals surface area contributed by atoms with E-state index in [1.807, 2.05) is 0 Å². The van der Waals surface area contributed by atoms with Gasteiger partial charge >= 0.3 is 11.7 Å². The number of aliphatic hydroxyl groups excluding tert-OH is 1. The Morgan fingerprint density at radius 1 is 1.61 bits per heavy atom. The van der Waals surface area contributed by atoms with Crippen molar-refractivity contribution in [1.82, 2.24) is 0 Å². The molecule has 0 saturated heterocycles. The maximum Gasteiger partial charge on any atom is 0.339 e. The van der Waals surface area contributed by atoms with Gasteiger partial charge in [-0.2, -0.15) is 4.39 Å². The zero-order valence-electron chi connectivity index (χ0n) is 9.29. The van der Waals surface area contributed by atoms with Gasteiger partial charge in [-0.15, -0.1) is 0 Å². The van der Waals surface area contributed by atoms with Crippen LogP contribution in [-0.4, -0.2) is 27.7 Å². The summed E-state index contributed by atoms with van der Waals surface area (Å²) in [4.78, 5) is 20.7. The second-order valence-electron chi connectivity index (χ2n) is 3.27. The highest BCUT2D eigenvalue weighted by Gasteiger charge is 2.27. The third-order valence-corrected chi connectivity index (χ3v) is 2.10. The first-order valence-corrected chi connectivity index (χ1v) is 4.90. The number of halogens is 1. The van der Waals surface area contributed by atoms with Crippen molar-refractivity contribution in [3.63, 3.8) is 0 Å². The van der Waals surface area contributed by atoms with Crippen LogP contribution >= 0.6 is 0 Å². The van der Waals surface area contributed by atoms with E-state index in [0.29, 0.717) is 12.1 Å². The molecule has 0 radical (unpaired) electrons. The third-order valence-electron chi connectivity index (χ3n) is 2.10. The number of hydrogen-bond donors (Lipinski definition) is 2. The maximum absolute atomic E-state index is 13.1. The van der Waals surface area contributed by atoms with E-state index in [-0.39, 0.29) is 6.61 Å². The first-order chi connectivity index (χ1) is 8.38. The standard InChI is InChI=1S/C10H10FNO6/c1-2-18-10(15)9(14)5-3-7(12(16)17)6(11)4-8(5)13/h3-4,9,13-14H,2H2,1H3. The van der Waals surface area contributed by atoms with Crippen LogP contribution < -0.4 is 0 Å². The van der Waals surface area contributed by atoms with Crippen LogP contribution in [0.25, 0.3) is 0 Å². The predicted molar refractivity (Wildman–Crippen MR) is 56.3 cm³/mol. The molecule has 1 atom stereocenters. The molecular weight excluding hydrogens is 249 g/mol. The number of ether oxygens (including phenoxy) is 1. The second-order valence-corrected chi connectivity index (χ2v) is 3.27. The highest BCUT2D eigenvalue weighted by molar-refractivity contribution is 5.77. The number of hydrogen-bond acceptors (Lipinski definition) is 6. The van der Waals surface area contributed by atoms with Crippen molar-refractivity contribution in [3.05, 3.63) is 33.6 Å². The number of nitro groups is 1. The van der Waals surface area contributed by atoms with E-state index in [0.717, 1.165) is 0 Å². The lowest BCUT2D eigenvalue weighted by atomic mass is 10.1. The molecule has 1 aromatic carbocycles. The summed E-state index contributed by atoms with van der Waals surface area (Å²) in [5.41, 5.74) is -1.44. The topological polar surface area (TPSA) is 110 Å². The van der Waals surface area contributed by atoms with Crippen molar-refractivity contribution in [2.24, 2.45) is 0 Å². The van der Waals surface area contributed by atoms with Gasteiger partial charge in [-0.05, 0) is 6.92 Å². The van der Waals surface area contributed by atoms with E-state index in [9.17, 15) is 29.5 Å². The fourth-order valence-electron chi connectivity index (χ4n) is 1.27. The van der Waals surface area contributed by atoms with Crippen LogP contribution in [0.15, 0.2) is 12.1 Å². The van der Waals surface area contributed by atoms with E-state index in [1.165, 1.54) is 6.92 Å². The minimum Gasteiger partial charge on any atom is -0.507 e. The lowest BCUT2D eigenvalue weighted by Crippen LogP contribution is -2.16. The molecular formula is C10H10FNO6. The number of phenols is 1. The Morgan fingerprint density at radius 3 is 2.72 bits per heavy atom. The number of carbonyl (C=O) groups is 1. The van der Waals surface area contributed by atoms with Gasteiger partial charge in [0.05, 0.1) is 11.5 Å². The highest BCUT2D eigenvalue weighted by Crippen LogP contribution is 2.31. The Labute approximate surface area is 101 Å². The SMILES string of the molecule is CCOC(=O)C(O)c1cc([N+](=O)[O-])c(F)cc1O. The molecule has 0 aliphatic rings. The summed E-state index contributed by atoms with van der Waals surface area (Å²) in [6.45, 7) is 1.48. The molecule has 0 aliphatic heterocycles. The summed E-state index contributed by atoms with van der Waals surface area (Å²) >= 11 is 0. The van der Waals surface area contributed by atoms with Crippen molar-refractivity contribution in [2.75, 3.05) is 6.61 Å². The molecule has 8 heteroatoms. The average Bonchev–Trinajstić information content (AvgIpc) is 2.28. The molecule has 0 aliphatic carbocycles. The van der Waals surface area contributed by atoms with Gasteiger partial charge in [0.15, 0.2) is 6.10 Å². The number of rotatable bonds is 4. The number of benzene rings is 1. The Balaban J connectivity index is 3.20. The average molecular weight is 259 g/mol. The van der Waals surface area contributed by atoms with Crippen molar-refractivity contribution < 1.29 is 29.1 Å². The van der Waals surface area contributed by atoms with Gasteiger partial charge in [-0.3, -0.25) is 10.1 Å². The number of esters is 1. The Bertz CT molecular complexity index is 490. The number of aromatic hydroxyl groups is 1.